The number of benzene rings is 2. The molecule has 6 heteroatoms. The van der Waals surface area contributed by atoms with Crippen LogP contribution in [0.5, 0.6) is 0 Å². The molecule has 0 bridgehead atoms. The Hall–Kier alpha value is -1.67. The fourth-order valence-electron chi connectivity index (χ4n) is 2.04. The third-order valence-corrected chi connectivity index (χ3v) is 4.81. The largest absolute Gasteiger partial charge is 0.411 e. The van der Waals surface area contributed by atoms with Gasteiger partial charge in [0.1, 0.15) is 0 Å². The Labute approximate surface area is 151 Å². The van der Waals surface area contributed by atoms with E-state index in [9.17, 15) is 4.79 Å². The molecule has 0 atom stereocenters. The Kier molecular flexibility index (Phi) is 5.12. The first kappa shape index (κ1) is 16.2. The van der Waals surface area contributed by atoms with Crippen molar-refractivity contribution >= 4 is 40.1 Å². The monoisotopic (exact) mass is 436 g/mol. The molecule has 23 heavy (non-hydrogen) atoms. The van der Waals surface area contributed by atoms with Crippen molar-refractivity contribution in [2.75, 3.05) is 5.75 Å². The molecule has 4 nitrogen and oxygen atoms in total. The predicted molar refractivity (Wildman–Crippen MR) is 98.7 cm³/mol. The molecule has 0 unspecified atom stereocenters. The predicted octanol–water partition coefficient (Wildman–Crippen LogP) is 4.62. The molecule has 0 N–H and O–H groups in total. The third-order valence-electron chi connectivity index (χ3n) is 3.27. The summed E-state index contributed by atoms with van der Waals surface area (Å²) in [4.78, 5) is 12.1. The number of thioether (sulfide) groups is 1. The number of carbonyl (C=O) groups excluding carboxylic acids is 1. The standard InChI is InChI=1S/C17H13IN2O2S/c1-11-4-2-3-5-14(11)16-19-20-17(22-16)23-10-15(21)12-6-8-13(18)9-7-12/h2-9H,10H2,1H3. The lowest BCUT2D eigenvalue weighted by atomic mass is 10.1. The molecule has 0 saturated heterocycles. The van der Waals surface area contributed by atoms with Crippen molar-refractivity contribution in [3.63, 3.8) is 0 Å². The molecule has 0 aliphatic heterocycles. The van der Waals surface area contributed by atoms with Gasteiger partial charge in [0, 0.05) is 14.7 Å². The quantitative estimate of drug-likeness (QED) is 0.332. The van der Waals surface area contributed by atoms with E-state index in [2.05, 4.69) is 32.8 Å². The highest BCUT2D eigenvalue weighted by Gasteiger charge is 2.13. The molecule has 2 aromatic carbocycles. The van der Waals surface area contributed by atoms with Crippen LogP contribution >= 0.6 is 34.4 Å². The van der Waals surface area contributed by atoms with Crippen LogP contribution in [0.1, 0.15) is 15.9 Å². The lowest BCUT2D eigenvalue weighted by molar-refractivity contribution is 0.102. The van der Waals surface area contributed by atoms with E-state index in [0.29, 0.717) is 16.7 Å². The number of aryl methyl sites for hydroxylation is 1. The number of aromatic nitrogens is 2. The zero-order valence-corrected chi connectivity index (χ0v) is 15.3. The minimum Gasteiger partial charge on any atom is -0.411 e. The zero-order valence-electron chi connectivity index (χ0n) is 12.3. The molecular weight excluding hydrogens is 423 g/mol. The van der Waals surface area contributed by atoms with E-state index in [4.69, 9.17) is 4.42 Å². The first-order valence-electron chi connectivity index (χ1n) is 6.94. The van der Waals surface area contributed by atoms with Gasteiger partial charge in [0.25, 0.3) is 5.22 Å². The van der Waals surface area contributed by atoms with Gasteiger partial charge in [-0.25, -0.2) is 0 Å². The van der Waals surface area contributed by atoms with Gasteiger partial charge in [-0.15, -0.1) is 10.2 Å². The molecular formula is C17H13IN2O2S. The molecule has 0 aliphatic carbocycles. The van der Waals surface area contributed by atoms with Gasteiger partial charge in [0.15, 0.2) is 5.78 Å². The minimum absolute atomic E-state index is 0.0436. The molecule has 0 amide bonds. The van der Waals surface area contributed by atoms with E-state index in [1.54, 1.807) is 0 Å². The van der Waals surface area contributed by atoms with Gasteiger partial charge in [0.2, 0.25) is 5.89 Å². The summed E-state index contributed by atoms with van der Waals surface area (Å²) in [5.74, 6) is 0.796. The van der Waals surface area contributed by atoms with Crippen molar-refractivity contribution in [2.45, 2.75) is 12.1 Å². The summed E-state index contributed by atoms with van der Waals surface area (Å²) in [5.41, 5.74) is 2.68. The van der Waals surface area contributed by atoms with Crippen molar-refractivity contribution in [3.05, 3.63) is 63.2 Å². The average Bonchev–Trinajstić information content (AvgIpc) is 3.02. The maximum Gasteiger partial charge on any atom is 0.277 e. The number of nitrogens with zero attached hydrogens (tertiary/aromatic N) is 2. The van der Waals surface area contributed by atoms with Crippen LogP contribution in [0.2, 0.25) is 0 Å². The summed E-state index contributed by atoms with van der Waals surface area (Å²) in [5, 5.41) is 8.47. The van der Waals surface area contributed by atoms with E-state index in [1.807, 2.05) is 55.5 Å². The Morgan fingerprint density at radius 1 is 1.13 bits per heavy atom. The maximum absolute atomic E-state index is 12.1. The smallest absolute Gasteiger partial charge is 0.277 e. The molecule has 1 aromatic heterocycles. The van der Waals surface area contributed by atoms with Crippen LogP contribution in [0.15, 0.2) is 58.2 Å². The van der Waals surface area contributed by atoms with Crippen LogP contribution < -0.4 is 0 Å². The minimum atomic E-state index is 0.0436. The molecule has 3 aromatic rings. The summed E-state index contributed by atoms with van der Waals surface area (Å²) in [6, 6.07) is 15.3. The van der Waals surface area contributed by atoms with Gasteiger partial charge >= 0.3 is 0 Å². The number of rotatable bonds is 5. The highest BCUT2D eigenvalue weighted by atomic mass is 127. The Balaban J connectivity index is 1.67. The zero-order chi connectivity index (χ0) is 16.2. The van der Waals surface area contributed by atoms with Crippen LogP contribution in [-0.2, 0) is 0 Å². The van der Waals surface area contributed by atoms with Gasteiger partial charge in [0.05, 0.1) is 5.75 Å². The number of hydrogen-bond acceptors (Lipinski definition) is 5. The van der Waals surface area contributed by atoms with E-state index in [1.165, 1.54) is 11.8 Å². The average molecular weight is 436 g/mol. The number of ketones is 1. The molecule has 3 rings (SSSR count). The molecule has 0 saturated carbocycles. The van der Waals surface area contributed by atoms with Crippen LogP contribution in [0, 0.1) is 10.5 Å². The second-order valence-corrected chi connectivity index (χ2v) is 7.08. The second-order valence-electron chi connectivity index (χ2n) is 4.91. The fraction of sp³-hybridized carbons (Fsp3) is 0.118. The first-order chi connectivity index (χ1) is 11.1. The van der Waals surface area contributed by atoms with Gasteiger partial charge in [-0.05, 0) is 53.3 Å². The molecule has 0 spiro atoms. The van der Waals surface area contributed by atoms with Crippen LogP contribution in [0.3, 0.4) is 0 Å². The summed E-state index contributed by atoms with van der Waals surface area (Å²) in [6.45, 7) is 1.99. The summed E-state index contributed by atoms with van der Waals surface area (Å²) >= 11 is 3.47. The van der Waals surface area contributed by atoms with Crippen LogP contribution in [0.4, 0.5) is 0 Å². The summed E-state index contributed by atoms with van der Waals surface area (Å²) in [6.07, 6.45) is 0. The Morgan fingerprint density at radius 3 is 2.61 bits per heavy atom. The molecule has 0 radical (unpaired) electrons. The van der Waals surface area contributed by atoms with Crippen LogP contribution in [-0.4, -0.2) is 21.7 Å². The van der Waals surface area contributed by atoms with Gasteiger partial charge < -0.3 is 4.42 Å². The van der Waals surface area contributed by atoms with Gasteiger partial charge in [-0.2, -0.15) is 0 Å². The van der Waals surface area contributed by atoms with Gasteiger partial charge in [-0.3, -0.25) is 4.79 Å². The van der Waals surface area contributed by atoms with Crippen molar-refractivity contribution in [1.29, 1.82) is 0 Å². The lowest BCUT2D eigenvalue weighted by Gasteiger charge is -2.00. The number of Topliss-reactive ketones (excluding diaryl/α,β-unsaturated/α-hetero) is 1. The van der Waals surface area contributed by atoms with Gasteiger partial charge in [-0.1, -0.05) is 42.1 Å². The van der Waals surface area contributed by atoms with E-state index < -0.39 is 0 Å². The highest BCUT2D eigenvalue weighted by molar-refractivity contribution is 14.1. The van der Waals surface area contributed by atoms with E-state index in [-0.39, 0.29) is 11.5 Å². The summed E-state index contributed by atoms with van der Waals surface area (Å²) in [7, 11) is 0. The highest BCUT2D eigenvalue weighted by Crippen LogP contribution is 2.25. The molecule has 0 fully saturated rings. The second kappa shape index (κ2) is 7.27. The topological polar surface area (TPSA) is 56.0 Å². The van der Waals surface area contributed by atoms with Crippen molar-refractivity contribution in [3.8, 4) is 11.5 Å². The van der Waals surface area contributed by atoms with Crippen molar-refractivity contribution in [1.82, 2.24) is 10.2 Å². The normalized spacial score (nSPS) is 10.7. The van der Waals surface area contributed by atoms with E-state index >= 15 is 0 Å². The van der Waals surface area contributed by atoms with E-state index in [0.717, 1.165) is 14.7 Å². The number of halogens is 1. The van der Waals surface area contributed by atoms with Crippen LogP contribution in [0.25, 0.3) is 11.5 Å². The van der Waals surface area contributed by atoms with Crippen molar-refractivity contribution in [2.24, 2.45) is 0 Å². The Morgan fingerprint density at radius 2 is 1.87 bits per heavy atom. The number of hydrogen-bond donors (Lipinski definition) is 0. The summed E-state index contributed by atoms with van der Waals surface area (Å²) < 4.78 is 6.75. The third kappa shape index (κ3) is 4.00. The molecule has 116 valence electrons. The SMILES string of the molecule is Cc1ccccc1-c1nnc(SCC(=O)c2ccc(I)cc2)o1. The lowest BCUT2D eigenvalue weighted by Crippen LogP contribution is -2.02. The first-order valence-corrected chi connectivity index (χ1v) is 9.01. The van der Waals surface area contributed by atoms with Crippen molar-refractivity contribution < 1.29 is 9.21 Å². The Bertz CT molecular complexity index is 831. The molecule has 0 aliphatic rings. The maximum atomic E-state index is 12.1. The fourth-order valence-corrected chi connectivity index (χ4v) is 3.05. The number of carbonyl (C=O) groups is 1. The molecule has 1 heterocycles.